The number of esters is 2. The van der Waals surface area contributed by atoms with Gasteiger partial charge in [0.15, 0.2) is 11.4 Å². The van der Waals surface area contributed by atoms with Crippen LogP contribution in [-0.4, -0.2) is 47.9 Å². The third-order valence-corrected chi connectivity index (χ3v) is 5.90. The number of piperidine rings is 1. The van der Waals surface area contributed by atoms with E-state index >= 15 is 0 Å². The van der Waals surface area contributed by atoms with Crippen molar-refractivity contribution in [2.45, 2.75) is 39.9 Å². The van der Waals surface area contributed by atoms with E-state index in [1.807, 2.05) is 12.1 Å². The van der Waals surface area contributed by atoms with Crippen LogP contribution in [0.1, 0.15) is 37.0 Å². The molecule has 0 amide bonds. The van der Waals surface area contributed by atoms with Crippen LogP contribution in [0.4, 0.5) is 0 Å². The smallest absolute Gasteiger partial charge is 0.338 e. The SMILES string of the molecule is CCOC(=O)c1ccc2c(c1)n(C[NH+]1CCC(C(=O)OC)CC1)c(=S)n2CC. The fraction of sp³-hybridized carbons (Fsp3) is 0.550. The summed E-state index contributed by atoms with van der Waals surface area (Å²) in [7, 11) is 1.45. The van der Waals surface area contributed by atoms with E-state index in [-0.39, 0.29) is 17.9 Å². The van der Waals surface area contributed by atoms with E-state index in [1.165, 1.54) is 12.0 Å². The highest BCUT2D eigenvalue weighted by Crippen LogP contribution is 2.20. The summed E-state index contributed by atoms with van der Waals surface area (Å²) in [5.74, 6) is -0.441. The summed E-state index contributed by atoms with van der Waals surface area (Å²) in [6.07, 6.45) is 1.63. The first-order valence-electron chi connectivity index (χ1n) is 9.81. The third kappa shape index (κ3) is 3.98. The van der Waals surface area contributed by atoms with Crippen molar-refractivity contribution in [1.82, 2.24) is 9.13 Å². The minimum Gasteiger partial charge on any atom is -0.469 e. The molecule has 1 aromatic carbocycles. The average Bonchev–Trinajstić information content (AvgIpc) is 2.98. The van der Waals surface area contributed by atoms with Crippen molar-refractivity contribution in [1.29, 1.82) is 0 Å². The number of imidazole rings is 1. The highest BCUT2D eigenvalue weighted by molar-refractivity contribution is 7.71. The average molecular weight is 407 g/mol. The van der Waals surface area contributed by atoms with E-state index in [9.17, 15) is 9.59 Å². The summed E-state index contributed by atoms with van der Waals surface area (Å²) in [6, 6.07) is 5.60. The van der Waals surface area contributed by atoms with E-state index < -0.39 is 0 Å². The second kappa shape index (κ2) is 8.87. The highest BCUT2D eigenvalue weighted by atomic mass is 32.1. The Morgan fingerprint density at radius 1 is 1.18 bits per heavy atom. The molecule has 0 radical (unpaired) electrons. The van der Waals surface area contributed by atoms with E-state index in [1.54, 1.807) is 13.0 Å². The summed E-state index contributed by atoms with van der Waals surface area (Å²) in [5.41, 5.74) is 2.50. The molecule has 3 rings (SSSR count). The number of rotatable bonds is 6. The number of carbonyl (C=O) groups excluding carboxylic acids is 2. The van der Waals surface area contributed by atoms with Gasteiger partial charge in [-0.25, -0.2) is 4.79 Å². The van der Waals surface area contributed by atoms with Gasteiger partial charge in [0.2, 0.25) is 0 Å². The van der Waals surface area contributed by atoms with Gasteiger partial charge < -0.3 is 18.9 Å². The molecule has 2 heterocycles. The number of nitrogens with one attached hydrogen (secondary N) is 1. The number of methoxy groups -OCH3 is 1. The van der Waals surface area contributed by atoms with Gasteiger partial charge in [0.05, 0.1) is 49.3 Å². The molecule has 0 unspecified atom stereocenters. The lowest BCUT2D eigenvalue weighted by atomic mass is 9.97. The standard InChI is InChI=1S/C20H27N3O4S/c1-4-22-16-7-6-15(19(25)27-5-2)12-17(16)23(20(22)28)13-21-10-8-14(9-11-21)18(24)26-3/h6-7,12,14H,4-5,8-11,13H2,1-3H3/p+1. The lowest BCUT2D eigenvalue weighted by Crippen LogP contribution is -3.12. The number of quaternary nitrogens is 1. The number of nitrogens with zero attached hydrogens (tertiary/aromatic N) is 2. The number of ether oxygens (including phenoxy) is 2. The first-order valence-corrected chi connectivity index (χ1v) is 10.2. The monoisotopic (exact) mass is 406 g/mol. The van der Waals surface area contributed by atoms with Crippen molar-refractivity contribution in [2.24, 2.45) is 5.92 Å². The molecular formula is C20H28N3O4S+. The number of carbonyl (C=O) groups is 2. The Hall–Kier alpha value is -2.19. The van der Waals surface area contributed by atoms with E-state index in [2.05, 4.69) is 16.1 Å². The molecule has 1 fully saturated rings. The second-order valence-corrected chi connectivity index (χ2v) is 7.45. The molecule has 0 bridgehead atoms. The molecule has 0 aliphatic carbocycles. The van der Waals surface area contributed by atoms with Crippen LogP contribution in [0.25, 0.3) is 11.0 Å². The maximum atomic E-state index is 12.2. The summed E-state index contributed by atoms with van der Waals surface area (Å²) in [5, 5.41) is 0. The number of likely N-dealkylation sites (tertiary alicyclic amines) is 1. The van der Waals surface area contributed by atoms with E-state index in [0.717, 1.165) is 48.3 Å². The van der Waals surface area contributed by atoms with Gasteiger partial charge in [-0.15, -0.1) is 0 Å². The second-order valence-electron chi connectivity index (χ2n) is 7.08. The number of benzene rings is 1. The Morgan fingerprint density at radius 2 is 1.89 bits per heavy atom. The van der Waals surface area contributed by atoms with E-state index in [0.29, 0.717) is 18.8 Å². The molecule has 0 saturated carbocycles. The zero-order valence-electron chi connectivity index (χ0n) is 16.7. The zero-order chi connectivity index (χ0) is 20.3. The van der Waals surface area contributed by atoms with Gasteiger partial charge in [-0.05, 0) is 44.3 Å². The van der Waals surface area contributed by atoms with Crippen LogP contribution in [-0.2, 0) is 27.5 Å². The van der Waals surface area contributed by atoms with Crippen LogP contribution in [0.5, 0.6) is 0 Å². The third-order valence-electron chi connectivity index (χ3n) is 5.46. The lowest BCUT2D eigenvalue weighted by molar-refractivity contribution is -0.928. The van der Waals surface area contributed by atoms with Gasteiger partial charge in [-0.2, -0.15) is 0 Å². The largest absolute Gasteiger partial charge is 0.469 e. The molecule has 8 heteroatoms. The first-order chi connectivity index (χ1) is 13.5. The number of hydrogen-bond donors (Lipinski definition) is 1. The maximum absolute atomic E-state index is 12.2. The van der Waals surface area contributed by atoms with Gasteiger partial charge in [-0.3, -0.25) is 9.36 Å². The number of aromatic nitrogens is 2. The van der Waals surface area contributed by atoms with Crippen molar-refractivity contribution < 1.29 is 24.0 Å². The van der Waals surface area contributed by atoms with Gasteiger partial charge in [0, 0.05) is 19.4 Å². The lowest BCUT2D eigenvalue weighted by Gasteiger charge is -2.28. The van der Waals surface area contributed by atoms with Crippen LogP contribution < -0.4 is 4.90 Å². The van der Waals surface area contributed by atoms with E-state index in [4.69, 9.17) is 21.7 Å². The molecule has 1 aliphatic heterocycles. The molecule has 152 valence electrons. The summed E-state index contributed by atoms with van der Waals surface area (Å²) in [6.45, 7) is 7.46. The molecule has 1 aromatic heterocycles. The quantitative estimate of drug-likeness (QED) is 0.585. The molecule has 1 saturated heterocycles. The van der Waals surface area contributed by atoms with Gasteiger partial charge in [0.1, 0.15) is 0 Å². The molecule has 28 heavy (non-hydrogen) atoms. The Balaban J connectivity index is 1.88. The Bertz CT molecular complexity index is 925. The predicted octanol–water partition coefficient (Wildman–Crippen LogP) is 1.79. The number of fused-ring (bicyclic) bond motifs is 1. The van der Waals surface area contributed by atoms with Crippen molar-refractivity contribution in [2.75, 3.05) is 26.8 Å². The zero-order valence-corrected chi connectivity index (χ0v) is 17.5. The summed E-state index contributed by atoms with van der Waals surface area (Å²) in [4.78, 5) is 25.3. The van der Waals surface area contributed by atoms with Gasteiger partial charge >= 0.3 is 11.9 Å². The summed E-state index contributed by atoms with van der Waals surface area (Å²) < 4.78 is 15.0. The molecule has 0 spiro atoms. The molecule has 2 aromatic rings. The van der Waals surface area contributed by atoms with Gasteiger partial charge in [-0.1, -0.05) is 0 Å². The maximum Gasteiger partial charge on any atom is 0.338 e. The first kappa shape index (κ1) is 20.5. The minimum absolute atomic E-state index is 0.00544. The van der Waals surface area contributed by atoms with Crippen LogP contribution >= 0.6 is 12.2 Å². The molecular weight excluding hydrogens is 378 g/mol. The van der Waals surface area contributed by atoms with Crippen LogP contribution in [0.15, 0.2) is 18.2 Å². The topological polar surface area (TPSA) is 66.9 Å². The van der Waals surface area contributed by atoms with Gasteiger partial charge in [0.25, 0.3) is 0 Å². The molecule has 1 aliphatic rings. The normalized spacial score (nSPS) is 19.5. The fourth-order valence-electron chi connectivity index (χ4n) is 3.93. The van der Waals surface area contributed by atoms with Crippen LogP contribution in [0.3, 0.4) is 0 Å². The number of aryl methyl sites for hydroxylation is 1. The van der Waals surface area contributed by atoms with Crippen molar-refractivity contribution >= 4 is 35.2 Å². The molecule has 1 N–H and O–H groups in total. The Morgan fingerprint density at radius 3 is 2.50 bits per heavy atom. The Kier molecular flexibility index (Phi) is 6.51. The minimum atomic E-state index is -0.322. The van der Waals surface area contributed by atoms with Crippen LogP contribution in [0, 0.1) is 10.7 Å². The molecule has 7 nitrogen and oxygen atoms in total. The van der Waals surface area contributed by atoms with Crippen LogP contribution in [0.2, 0.25) is 0 Å². The van der Waals surface area contributed by atoms with Crippen molar-refractivity contribution in [3.63, 3.8) is 0 Å². The summed E-state index contributed by atoms with van der Waals surface area (Å²) >= 11 is 5.73. The molecule has 0 atom stereocenters. The van der Waals surface area contributed by atoms with Crippen molar-refractivity contribution in [3.05, 3.63) is 28.5 Å². The fourth-order valence-corrected chi connectivity index (χ4v) is 4.32. The highest BCUT2D eigenvalue weighted by Gasteiger charge is 2.28. The predicted molar refractivity (Wildman–Crippen MR) is 108 cm³/mol. The van der Waals surface area contributed by atoms with Crippen molar-refractivity contribution in [3.8, 4) is 0 Å². The Labute approximate surface area is 169 Å². The number of hydrogen-bond acceptors (Lipinski definition) is 5.